The van der Waals surface area contributed by atoms with Crippen molar-refractivity contribution in [2.75, 3.05) is 0 Å². The van der Waals surface area contributed by atoms with Crippen LogP contribution in [0.2, 0.25) is 0 Å². The minimum atomic E-state index is -1.13. The standard InChI is InChI=1S/C18H13N5O2/c1-12-8-13(3-7-17(12)23-11-20-10-21-23)2-5-15-14(9-19)4-6-16(22-15)18(24)25/h2-8,10-11H,1H3,(H,24,25). The molecule has 0 amide bonds. The average Bonchev–Trinajstić information content (AvgIpc) is 3.14. The lowest BCUT2D eigenvalue weighted by atomic mass is 10.1. The number of hydrogen-bond acceptors (Lipinski definition) is 5. The highest BCUT2D eigenvalue weighted by molar-refractivity contribution is 5.86. The molecule has 1 N–H and O–H groups in total. The van der Waals surface area contributed by atoms with Crippen molar-refractivity contribution in [3.63, 3.8) is 0 Å². The highest BCUT2D eigenvalue weighted by atomic mass is 16.4. The molecule has 2 aromatic heterocycles. The molecule has 25 heavy (non-hydrogen) atoms. The van der Waals surface area contributed by atoms with Crippen molar-refractivity contribution < 1.29 is 9.90 Å². The molecule has 7 heteroatoms. The van der Waals surface area contributed by atoms with Gasteiger partial charge in [0.05, 0.1) is 16.9 Å². The van der Waals surface area contributed by atoms with Crippen LogP contribution in [-0.2, 0) is 0 Å². The molecule has 0 aliphatic rings. The van der Waals surface area contributed by atoms with Crippen molar-refractivity contribution in [1.29, 1.82) is 5.26 Å². The third-order valence-electron chi connectivity index (χ3n) is 3.58. The van der Waals surface area contributed by atoms with E-state index in [1.54, 1.807) is 23.2 Å². The Morgan fingerprint density at radius 3 is 2.76 bits per heavy atom. The molecule has 122 valence electrons. The number of hydrogen-bond donors (Lipinski definition) is 1. The number of benzene rings is 1. The van der Waals surface area contributed by atoms with Gasteiger partial charge in [-0.1, -0.05) is 12.1 Å². The van der Waals surface area contributed by atoms with Crippen molar-refractivity contribution in [3.8, 4) is 11.8 Å². The van der Waals surface area contributed by atoms with Gasteiger partial charge in [0.25, 0.3) is 0 Å². The lowest BCUT2D eigenvalue weighted by Gasteiger charge is -2.06. The lowest BCUT2D eigenvalue weighted by molar-refractivity contribution is 0.0690. The van der Waals surface area contributed by atoms with Gasteiger partial charge in [-0.25, -0.2) is 19.4 Å². The maximum atomic E-state index is 11.0. The molecular weight excluding hydrogens is 318 g/mol. The molecule has 7 nitrogen and oxygen atoms in total. The van der Waals surface area contributed by atoms with E-state index in [-0.39, 0.29) is 5.69 Å². The lowest BCUT2D eigenvalue weighted by Crippen LogP contribution is -2.02. The molecule has 0 bridgehead atoms. The molecule has 2 heterocycles. The number of aryl methyl sites for hydroxylation is 1. The predicted molar refractivity (Wildman–Crippen MR) is 90.9 cm³/mol. The topological polar surface area (TPSA) is 105 Å². The Labute approximate surface area is 143 Å². The van der Waals surface area contributed by atoms with Crippen LogP contribution in [0.1, 0.15) is 32.9 Å². The Hall–Kier alpha value is -3.79. The van der Waals surface area contributed by atoms with Gasteiger partial charge in [0.2, 0.25) is 0 Å². The molecule has 0 saturated carbocycles. The molecular formula is C18H13N5O2. The number of nitrogens with zero attached hydrogens (tertiary/aromatic N) is 5. The molecule has 0 unspecified atom stereocenters. The number of carbonyl (C=O) groups is 1. The molecule has 0 aliphatic carbocycles. The number of pyridine rings is 1. The second-order valence-corrected chi connectivity index (χ2v) is 5.27. The quantitative estimate of drug-likeness (QED) is 0.788. The van der Waals surface area contributed by atoms with Gasteiger partial charge in [0, 0.05) is 0 Å². The fourth-order valence-electron chi connectivity index (χ4n) is 2.36. The Morgan fingerprint density at radius 1 is 1.28 bits per heavy atom. The van der Waals surface area contributed by atoms with E-state index in [1.165, 1.54) is 18.5 Å². The van der Waals surface area contributed by atoms with E-state index in [2.05, 4.69) is 15.1 Å². The first-order chi connectivity index (χ1) is 12.1. The van der Waals surface area contributed by atoms with Crippen molar-refractivity contribution in [3.05, 3.63) is 71.1 Å². The van der Waals surface area contributed by atoms with Gasteiger partial charge < -0.3 is 5.11 Å². The molecule has 3 rings (SSSR count). The monoisotopic (exact) mass is 331 g/mol. The number of carboxylic acid groups (broad SMARTS) is 1. The average molecular weight is 331 g/mol. The van der Waals surface area contributed by atoms with Crippen LogP contribution in [0, 0.1) is 18.3 Å². The summed E-state index contributed by atoms with van der Waals surface area (Å²) in [5.41, 5.74) is 3.35. The van der Waals surface area contributed by atoms with Gasteiger partial charge in [-0.3, -0.25) is 0 Å². The van der Waals surface area contributed by atoms with Gasteiger partial charge >= 0.3 is 5.97 Å². The van der Waals surface area contributed by atoms with Crippen LogP contribution in [0.3, 0.4) is 0 Å². The highest BCUT2D eigenvalue weighted by Gasteiger charge is 2.08. The fourth-order valence-corrected chi connectivity index (χ4v) is 2.36. The van der Waals surface area contributed by atoms with Crippen LogP contribution in [0.5, 0.6) is 0 Å². The van der Waals surface area contributed by atoms with Crippen LogP contribution in [0.15, 0.2) is 43.0 Å². The zero-order chi connectivity index (χ0) is 17.8. The zero-order valence-corrected chi connectivity index (χ0v) is 13.3. The van der Waals surface area contributed by atoms with Gasteiger partial charge in [-0.15, -0.1) is 0 Å². The van der Waals surface area contributed by atoms with Crippen molar-refractivity contribution in [1.82, 2.24) is 19.7 Å². The number of nitriles is 1. The van der Waals surface area contributed by atoms with Crippen molar-refractivity contribution in [2.45, 2.75) is 6.92 Å². The molecule has 1 aromatic carbocycles. The molecule has 0 atom stereocenters. The Kier molecular flexibility index (Phi) is 4.35. The number of carboxylic acids is 1. The summed E-state index contributed by atoms with van der Waals surface area (Å²) in [6.45, 7) is 1.96. The van der Waals surface area contributed by atoms with E-state index in [0.29, 0.717) is 11.3 Å². The summed E-state index contributed by atoms with van der Waals surface area (Å²) < 4.78 is 1.68. The minimum Gasteiger partial charge on any atom is -0.477 e. The van der Waals surface area contributed by atoms with E-state index < -0.39 is 5.97 Å². The van der Waals surface area contributed by atoms with Crippen LogP contribution in [0.25, 0.3) is 17.8 Å². The Morgan fingerprint density at radius 2 is 2.12 bits per heavy atom. The summed E-state index contributed by atoms with van der Waals surface area (Å²) >= 11 is 0. The fraction of sp³-hybridized carbons (Fsp3) is 0.0556. The van der Waals surface area contributed by atoms with E-state index in [9.17, 15) is 4.79 Å². The SMILES string of the molecule is Cc1cc(C=Cc2nc(C(=O)O)ccc2C#N)ccc1-n1cncn1. The number of rotatable bonds is 4. The van der Waals surface area contributed by atoms with Crippen LogP contribution in [0.4, 0.5) is 0 Å². The summed E-state index contributed by atoms with van der Waals surface area (Å²) in [5, 5.41) is 22.3. The van der Waals surface area contributed by atoms with E-state index in [4.69, 9.17) is 10.4 Å². The maximum Gasteiger partial charge on any atom is 0.354 e. The normalized spacial score (nSPS) is 10.7. The van der Waals surface area contributed by atoms with Crippen molar-refractivity contribution in [2.24, 2.45) is 0 Å². The van der Waals surface area contributed by atoms with Crippen LogP contribution in [-0.4, -0.2) is 30.8 Å². The van der Waals surface area contributed by atoms with Gasteiger partial charge in [-0.2, -0.15) is 10.4 Å². The Balaban J connectivity index is 1.92. The van der Waals surface area contributed by atoms with Crippen LogP contribution >= 0.6 is 0 Å². The molecule has 0 aliphatic heterocycles. The first-order valence-electron chi connectivity index (χ1n) is 7.36. The molecule has 0 spiro atoms. The second-order valence-electron chi connectivity index (χ2n) is 5.27. The maximum absolute atomic E-state index is 11.0. The largest absolute Gasteiger partial charge is 0.477 e. The summed E-state index contributed by atoms with van der Waals surface area (Å²) in [5.74, 6) is -1.13. The third kappa shape index (κ3) is 3.43. The zero-order valence-electron chi connectivity index (χ0n) is 13.3. The Bertz CT molecular complexity index is 1000. The second kappa shape index (κ2) is 6.76. The number of aromatic carboxylic acids is 1. The first kappa shape index (κ1) is 16.1. The smallest absolute Gasteiger partial charge is 0.354 e. The van der Waals surface area contributed by atoms with Gasteiger partial charge in [0.1, 0.15) is 24.4 Å². The summed E-state index contributed by atoms with van der Waals surface area (Å²) in [6.07, 6.45) is 6.51. The van der Waals surface area contributed by atoms with Gasteiger partial charge in [0.15, 0.2) is 0 Å². The summed E-state index contributed by atoms with van der Waals surface area (Å²) in [6, 6.07) is 10.5. The van der Waals surface area contributed by atoms with Crippen LogP contribution < -0.4 is 0 Å². The van der Waals surface area contributed by atoms with E-state index in [1.807, 2.05) is 31.2 Å². The predicted octanol–water partition coefficient (Wildman–Crippen LogP) is 2.71. The summed E-state index contributed by atoms with van der Waals surface area (Å²) in [4.78, 5) is 19.0. The number of aromatic nitrogens is 4. The first-order valence-corrected chi connectivity index (χ1v) is 7.36. The van der Waals surface area contributed by atoms with Crippen molar-refractivity contribution >= 4 is 18.1 Å². The molecule has 3 aromatic rings. The van der Waals surface area contributed by atoms with Gasteiger partial charge in [-0.05, 0) is 48.4 Å². The summed E-state index contributed by atoms with van der Waals surface area (Å²) in [7, 11) is 0. The minimum absolute atomic E-state index is 0.101. The highest BCUT2D eigenvalue weighted by Crippen LogP contribution is 2.17. The molecule has 0 radical (unpaired) electrons. The van der Waals surface area contributed by atoms with E-state index in [0.717, 1.165) is 16.8 Å². The third-order valence-corrected chi connectivity index (χ3v) is 3.58. The molecule has 0 saturated heterocycles. The van der Waals surface area contributed by atoms with E-state index >= 15 is 0 Å². The molecule has 0 fully saturated rings.